The van der Waals surface area contributed by atoms with Crippen LogP contribution in [0.5, 0.6) is 0 Å². The van der Waals surface area contributed by atoms with Crippen molar-refractivity contribution >= 4 is 10.9 Å². The molecule has 1 aromatic carbocycles. The van der Waals surface area contributed by atoms with E-state index in [0.29, 0.717) is 0 Å². The van der Waals surface area contributed by atoms with Gasteiger partial charge in [-0.15, -0.1) is 0 Å². The molecule has 0 aliphatic carbocycles. The number of H-pyrrole nitrogens is 1. The number of fused-ring (bicyclic) bond motifs is 1. The van der Waals surface area contributed by atoms with Crippen molar-refractivity contribution in [3.05, 3.63) is 35.0 Å². The summed E-state index contributed by atoms with van der Waals surface area (Å²) in [7, 11) is 0. The monoisotopic (exact) mass is 244 g/mol. The standard InChI is InChI=1S/C16H24N2/c1-4-13-8-6-9-15-14(10-7-11-17-5-2)12(3)18-16(13)15/h6,8-9,17-18H,4-5,7,10-11H2,1-3H3. The molecule has 2 rings (SSSR count). The molecule has 2 nitrogen and oxygen atoms in total. The molecule has 0 saturated heterocycles. The van der Waals surface area contributed by atoms with E-state index in [1.165, 1.54) is 34.1 Å². The lowest BCUT2D eigenvalue weighted by Crippen LogP contribution is -2.14. The number of aromatic amines is 1. The third-order valence-electron chi connectivity index (χ3n) is 3.65. The number of para-hydroxylation sites is 1. The van der Waals surface area contributed by atoms with Gasteiger partial charge in [-0.2, -0.15) is 0 Å². The quantitative estimate of drug-likeness (QED) is 0.747. The Balaban J connectivity index is 2.24. The van der Waals surface area contributed by atoms with Crippen molar-refractivity contribution in [1.29, 1.82) is 0 Å². The van der Waals surface area contributed by atoms with Crippen LogP contribution in [0.15, 0.2) is 18.2 Å². The fourth-order valence-electron chi connectivity index (χ4n) is 2.65. The third kappa shape index (κ3) is 2.59. The third-order valence-corrected chi connectivity index (χ3v) is 3.65. The number of aryl methyl sites for hydroxylation is 3. The zero-order chi connectivity index (χ0) is 13.0. The van der Waals surface area contributed by atoms with Crippen LogP contribution in [0.3, 0.4) is 0 Å². The molecule has 0 amide bonds. The van der Waals surface area contributed by atoms with Gasteiger partial charge in [0.25, 0.3) is 0 Å². The highest BCUT2D eigenvalue weighted by Gasteiger charge is 2.09. The van der Waals surface area contributed by atoms with Crippen molar-refractivity contribution in [2.24, 2.45) is 0 Å². The fraction of sp³-hybridized carbons (Fsp3) is 0.500. The molecule has 2 heteroatoms. The van der Waals surface area contributed by atoms with E-state index in [1.54, 1.807) is 0 Å². The average molecular weight is 244 g/mol. The Bertz CT molecular complexity index is 511. The zero-order valence-electron chi connectivity index (χ0n) is 11.8. The molecular weight excluding hydrogens is 220 g/mol. The van der Waals surface area contributed by atoms with E-state index in [1.807, 2.05) is 0 Å². The van der Waals surface area contributed by atoms with E-state index >= 15 is 0 Å². The Morgan fingerprint density at radius 2 is 2.06 bits per heavy atom. The van der Waals surface area contributed by atoms with Crippen LogP contribution in [0.2, 0.25) is 0 Å². The van der Waals surface area contributed by atoms with E-state index in [0.717, 1.165) is 25.9 Å². The number of aromatic nitrogens is 1. The molecule has 1 heterocycles. The van der Waals surface area contributed by atoms with Crippen molar-refractivity contribution in [3.8, 4) is 0 Å². The van der Waals surface area contributed by atoms with Gasteiger partial charge in [0, 0.05) is 16.6 Å². The predicted molar refractivity (Wildman–Crippen MR) is 79.3 cm³/mol. The summed E-state index contributed by atoms with van der Waals surface area (Å²) in [6.45, 7) is 8.74. The first kappa shape index (κ1) is 13.2. The molecule has 0 aliphatic rings. The van der Waals surface area contributed by atoms with Crippen LogP contribution in [0.25, 0.3) is 10.9 Å². The normalized spacial score (nSPS) is 11.3. The molecule has 0 radical (unpaired) electrons. The fourth-order valence-corrected chi connectivity index (χ4v) is 2.65. The lowest BCUT2D eigenvalue weighted by atomic mass is 10.0. The molecule has 1 aromatic heterocycles. The minimum Gasteiger partial charge on any atom is -0.358 e. The molecule has 0 bridgehead atoms. The van der Waals surface area contributed by atoms with Crippen LogP contribution < -0.4 is 5.32 Å². The summed E-state index contributed by atoms with van der Waals surface area (Å²) in [5.41, 5.74) is 5.60. The van der Waals surface area contributed by atoms with Gasteiger partial charge in [0.15, 0.2) is 0 Å². The van der Waals surface area contributed by atoms with Crippen LogP contribution in [-0.2, 0) is 12.8 Å². The average Bonchev–Trinajstić information content (AvgIpc) is 2.70. The van der Waals surface area contributed by atoms with Crippen molar-refractivity contribution in [2.75, 3.05) is 13.1 Å². The first-order valence-electron chi connectivity index (χ1n) is 7.07. The molecule has 98 valence electrons. The molecule has 0 aliphatic heterocycles. The topological polar surface area (TPSA) is 27.8 Å². The Morgan fingerprint density at radius 1 is 1.22 bits per heavy atom. The molecule has 0 unspecified atom stereocenters. The first-order valence-corrected chi connectivity index (χ1v) is 7.07. The molecule has 0 saturated carbocycles. The number of nitrogens with one attached hydrogen (secondary N) is 2. The zero-order valence-corrected chi connectivity index (χ0v) is 11.8. The lowest BCUT2D eigenvalue weighted by Gasteiger charge is -2.03. The Labute approximate surface area is 110 Å². The number of hydrogen-bond acceptors (Lipinski definition) is 1. The molecule has 0 fully saturated rings. The molecule has 18 heavy (non-hydrogen) atoms. The summed E-state index contributed by atoms with van der Waals surface area (Å²) < 4.78 is 0. The van der Waals surface area contributed by atoms with Gasteiger partial charge in [0.1, 0.15) is 0 Å². The Hall–Kier alpha value is -1.28. The molecule has 2 aromatic rings. The van der Waals surface area contributed by atoms with E-state index in [2.05, 4.69) is 49.3 Å². The Morgan fingerprint density at radius 3 is 2.78 bits per heavy atom. The van der Waals surface area contributed by atoms with Crippen molar-refractivity contribution < 1.29 is 0 Å². The predicted octanol–water partition coefficient (Wildman–Crippen LogP) is 3.58. The molecule has 2 N–H and O–H groups in total. The SMILES string of the molecule is CCNCCCc1c(C)[nH]c2c(CC)cccc12. The van der Waals surface area contributed by atoms with Crippen LogP contribution in [-0.4, -0.2) is 18.1 Å². The van der Waals surface area contributed by atoms with Gasteiger partial charge in [-0.1, -0.05) is 32.0 Å². The summed E-state index contributed by atoms with van der Waals surface area (Å²) in [5, 5.41) is 4.81. The molecule has 0 spiro atoms. The minimum absolute atomic E-state index is 1.06. The second-order valence-electron chi connectivity index (χ2n) is 4.88. The van der Waals surface area contributed by atoms with E-state index < -0.39 is 0 Å². The van der Waals surface area contributed by atoms with Gasteiger partial charge in [-0.05, 0) is 50.4 Å². The first-order chi connectivity index (χ1) is 8.77. The maximum absolute atomic E-state index is 3.57. The number of hydrogen-bond donors (Lipinski definition) is 2. The summed E-state index contributed by atoms with van der Waals surface area (Å²) >= 11 is 0. The highest BCUT2D eigenvalue weighted by molar-refractivity contribution is 5.87. The summed E-state index contributed by atoms with van der Waals surface area (Å²) in [6, 6.07) is 6.66. The smallest absolute Gasteiger partial charge is 0.0491 e. The van der Waals surface area contributed by atoms with Gasteiger partial charge >= 0.3 is 0 Å². The van der Waals surface area contributed by atoms with E-state index in [-0.39, 0.29) is 0 Å². The van der Waals surface area contributed by atoms with Crippen LogP contribution in [0, 0.1) is 6.92 Å². The van der Waals surface area contributed by atoms with Crippen LogP contribution in [0.1, 0.15) is 37.1 Å². The van der Waals surface area contributed by atoms with E-state index in [4.69, 9.17) is 0 Å². The van der Waals surface area contributed by atoms with Gasteiger partial charge in [-0.3, -0.25) is 0 Å². The van der Waals surface area contributed by atoms with Gasteiger partial charge in [0.05, 0.1) is 0 Å². The minimum atomic E-state index is 1.06. The summed E-state index contributed by atoms with van der Waals surface area (Å²) in [4.78, 5) is 3.57. The maximum atomic E-state index is 3.57. The van der Waals surface area contributed by atoms with Gasteiger partial charge < -0.3 is 10.3 Å². The summed E-state index contributed by atoms with van der Waals surface area (Å²) in [5.74, 6) is 0. The second kappa shape index (κ2) is 6.05. The second-order valence-corrected chi connectivity index (χ2v) is 4.88. The Kier molecular flexibility index (Phi) is 4.43. The van der Waals surface area contributed by atoms with Crippen LogP contribution >= 0.6 is 0 Å². The van der Waals surface area contributed by atoms with Crippen LogP contribution in [0.4, 0.5) is 0 Å². The highest BCUT2D eigenvalue weighted by atomic mass is 14.8. The maximum Gasteiger partial charge on any atom is 0.0491 e. The number of rotatable bonds is 6. The van der Waals surface area contributed by atoms with E-state index in [9.17, 15) is 0 Å². The van der Waals surface area contributed by atoms with Crippen molar-refractivity contribution in [1.82, 2.24) is 10.3 Å². The lowest BCUT2D eigenvalue weighted by molar-refractivity contribution is 0.673. The largest absolute Gasteiger partial charge is 0.358 e. The number of benzene rings is 1. The van der Waals surface area contributed by atoms with Gasteiger partial charge in [0.2, 0.25) is 0 Å². The van der Waals surface area contributed by atoms with Crippen molar-refractivity contribution in [2.45, 2.75) is 40.0 Å². The van der Waals surface area contributed by atoms with Gasteiger partial charge in [-0.25, -0.2) is 0 Å². The molecule has 0 atom stereocenters. The molecular formula is C16H24N2. The summed E-state index contributed by atoms with van der Waals surface area (Å²) in [6.07, 6.45) is 3.46. The highest BCUT2D eigenvalue weighted by Crippen LogP contribution is 2.26. The van der Waals surface area contributed by atoms with Crippen molar-refractivity contribution in [3.63, 3.8) is 0 Å².